The van der Waals surface area contributed by atoms with Crippen molar-refractivity contribution in [1.29, 1.82) is 0 Å². The van der Waals surface area contributed by atoms with Crippen LogP contribution < -0.4 is 0 Å². The normalized spacial score (nSPS) is 16.8. The van der Waals surface area contributed by atoms with Gasteiger partial charge in [-0.05, 0) is 44.4 Å². The molecule has 1 N–H and O–H groups in total. The Balaban J connectivity index is 1.49. The van der Waals surface area contributed by atoms with Gasteiger partial charge in [-0.25, -0.2) is 4.98 Å². The number of pyridine rings is 1. The van der Waals surface area contributed by atoms with Gasteiger partial charge in [0.1, 0.15) is 5.76 Å². The zero-order valence-corrected chi connectivity index (χ0v) is 16.1. The number of hydrogen-bond donors (Lipinski definition) is 1. The first-order valence-electron chi connectivity index (χ1n) is 8.93. The Morgan fingerprint density at radius 1 is 1.37 bits per heavy atom. The number of rotatable bonds is 5. The third kappa shape index (κ3) is 3.62. The number of hydrogen-bond acceptors (Lipinski definition) is 6. The average molecular weight is 383 g/mol. The summed E-state index contributed by atoms with van der Waals surface area (Å²) < 4.78 is 5.56. The molecule has 1 saturated heterocycles. The van der Waals surface area contributed by atoms with Gasteiger partial charge in [0.25, 0.3) is 5.22 Å². The maximum absolute atomic E-state index is 12.9. The third-order valence-corrected chi connectivity index (χ3v) is 5.71. The first-order chi connectivity index (χ1) is 13.1. The Labute approximate surface area is 161 Å². The lowest BCUT2D eigenvalue weighted by Crippen LogP contribution is -2.32. The Kier molecular flexibility index (Phi) is 4.98. The second-order valence-electron chi connectivity index (χ2n) is 6.59. The molecule has 1 aliphatic heterocycles. The molecule has 0 saturated carbocycles. The van der Waals surface area contributed by atoms with Crippen LogP contribution in [-0.4, -0.2) is 43.3 Å². The van der Waals surface area contributed by atoms with Crippen molar-refractivity contribution in [2.75, 3.05) is 12.3 Å². The fourth-order valence-corrected chi connectivity index (χ4v) is 4.19. The Morgan fingerprint density at radius 3 is 2.93 bits per heavy atom. The Bertz CT molecular complexity index is 917. The van der Waals surface area contributed by atoms with Gasteiger partial charge in [-0.2, -0.15) is 5.10 Å². The molecule has 1 unspecified atom stereocenters. The summed E-state index contributed by atoms with van der Waals surface area (Å²) in [7, 11) is 0. The van der Waals surface area contributed by atoms with E-state index in [0.29, 0.717) is 11.0 Å². The molecule has 0 radical (unpaired) electrons. The molecule has 8 heteroatoms. The van der Waals surface area contributed by atoms with Crippen molar-refractivity contribution >= 4 is 17.7 Å². The molecule has 0 bridgehead atoms. The summed E-state index contributed by atoms with van der Waals surface area (Å²) in [6.07, 6.45) is 7.25. The molecule has 4 heterocycles. The van der Waals surface area contributed by atoms with Gasteiger partial charge in [0.15, 0.2) is 0 Å². The highest BCUT2D eigenvalue weighted by Crippen LogP contribution is 2.36. The highest BCUT2D eigenvalue weighted by Gasteiger charge is 2.32. The van der Waals surface area contributed by atoms with Crippen LogP contribution in [-0.2, 0) is 4.79 Å². The molecule has 1 atom stereocenters. The lowest BCUT2D eigenvalue weighted by Gasteiger charge is -2.24. The third-order valence-electron chi connectivity index (χ3n) is 4.89. The van der Waals surface area contributed by atoms with E-state index < -0.39 is 0 Å². The summed E-state index contributed by atoms with van der Waals surface area (Å²) in [5, 5.41) is 7.89. The average Bonchev–Trinajstić information content (AvgIpc) is 3.40. The summed E-state index contributed by atoms with van der Waals surface area (Å²) in [6.45, 7) is 4.53. The molecule has 140 valence electrons. The number of thioether (sulfide) groups is 1. The van der Waals surface area contributed by atoms with Crippen LogP contribution >= 0.6 is 11.8 Å². The van der Waals surface area contributed by atoms with Crippen LogP contribution in [0.1, 0.15) is 36.0 Å². The molecule has 1 aliphatic rings. The number of nitrogens with one attached hydrogen (secondary N) is 1. The smallest absolute Gasteiger partial charge is 0.256 e. The van der Waals surface area contributed by atoms with Gasteiger partial charge in [0.2, 0.25) is 5.91 Å². The number of nitrogens with zero attached hydrogens (tertiary/aromatic N) is 4. The molecule has 3 aromatic rings. The van der Waals surface area contributed by atoms with E-state index in [1.165, 1.54) is 11.8 Å². The minimum absolute atomic E-state index is 0.0109. The summed E-state index contributed by atoms with van der Waals surface area (Å²) in [5.74, 6) is 1.20. The number of amides is 1. The molecule has 1 fully saturated rings. The molecule has 1 amide bonds. The van der Waals surface area contributed by atoms with Crippen LogP contribution in [0.25, 0.3) is 11.1 Å². The number of aromatic nitrogens is 4. The van der Waals surface area contributed by atoms with E-state index in [9.17, 15) is 4.79 Å². The largest absolute Gasteiger partial charge is 0.437 e. The standard InChI is InChI=1S/C19H21N5O2S/c1-12-13(2)26-19(22-12)27-11-17(25)24-9-3-4-16(24)18-15(10-21-23-18)14-5-7-20-8-6-14/h5-8,10,16H,3-4,9,11H2,1-2H3,(H,21,23). The molecule has 3 aromatic heterocycles. The second-order valence-corrected chi connectivity index (χ2v) is 7.52. The molecular weight excluding hydrogens is 362 g/mol. The van der Waals surface area contributed by atoms with Crippen molar-refractivity contribution < 1.29 is 9.21 Å². The van der Waals surface area contributed by atoms with E-state index in [0.717, 1.165) is 47.7 Å². The lowest BCUT2D eigenvalue weighted by atomic mass is 10.0. The lowest BCUT2D eigenvalue weighted by molar-refractivity contribution is -0.129. The van der Waals surface area contributed by atoms with Crippen molar-refractivity contribution in [3.63, 3.8) is 0 Å². The van der Waals surface area contributed by atoms with Crippen LogP contribution in [0.15, 0.2) is 40.4 Å². The van der Waals surface area contributed by atoms with Gasteiger partial charge in [0, 0.05) is 24.5 Å². The van der Waals surface area contributed by atoms with Crippen molar-refractivity contribution in [1.82, 2.24) is 25.1 Å². The Morgan fingerprint density at radius 2 is 2.19 bits per heavy atom. The first kappa shape index (κ1) is 17.8. The first-order valence-corrected chi connectivity index (χ1v) is 9.92. The summed E-state index contributed by atoms with van der Waals surface area (Å²) in [6, 6.07) is 3.92. The molecule has 27 heavy (non-hydrogen) atoms. The van der Waals surface area contributed by atoms with Gasteiger partial charge >= 0.3 is 0 Å². The summed E-state index contributed by atoms with van der Waals surface area (Å²) >= 11 is 1.35. The molecular formula is C19H21N5O2S. The number of aromatic amines is 1. The van der Waals surface area contributed by atoms with Crippen molar-refractivity contribution in [3.05, 3.63) is 47.9 Å². The second kappa shape index (κ2) is 7.56. The molecule has 7 nitrogen and oxygen atoms in total. The fourth-order valence-electron chi connectivity index (χ4n) is 3.39. The molecule has 0 spiro atoms. The highest BCUT2D eigenvalue weighted by atomic mass is 32.2. The van der Waals surface area contributed by atoms with E-state index in [4.69, 9.17) is 4.42 Å². The quantitative estimate of drug-likeness (QED) is 0.678. The van der Waals surface area contributed by atoms with E-state index in [1.54, 1.807) is 12.4 Å². The maximum atomic E-state index is 12.9. The minimum atomic E-state index is 0.0109. The van der Waals surface area contributed by atoms with E-state index in [2.05, 4.69) is 20.2 Å². The topological polar surface area (TPSA) is 87.9 Å². The van der Waals surface area contributed by atoms with Crippen molar-refractivity contribution in [2.24, 2.45) is 0 Å². The molecule has 0 aromatic carbocycles. The number of H-pyrrole nitrogens is 1. The number of aryl methyl sites for hydroxylation is 2. The number of likely N-dealkylation sites (tertiary alicyclic amines) is 1. The van der Waals surface area contributed by atoms with Crippen molar-refractivity contribution in [3.8, 4) is 11.1 Å². The van der Waals surface area contributed by atoms with Crippen LogP contribution in [0, 0.1) is 13.8 Å². The van der Waals surface area contributed by atoms with Crippen LogP contribution in [0.2, 0.25) is 0 Å². The highest BCUT2D eigenvalue weighted by molar-refractivity contribution is 7.99. The maximum Gasteiger partial charge on any atom is 0.256 e. The van der Waals surface area contributed by atoms with E-state index in [-0.39, 0.29) is 11.9 Å². The minimum Gasteiger partial charge on any atom is -0.437 e. The van der Waals surface area contributed by atoms with Gasteiger partial charge in [-0.15, -0.1) is 0 Å². The monoisotopic (exact) mass is 383 g/mol. The van der Waals surface area contributed by atoms with Gasteiger partial charge in [-0.3, -0.25) is 14.9 Å². The summed E-state index contributed by atoms with van der Waals surface area (Å²) in [4.78, 5) is 23.2. The number of carbonyl (C=O) groups is 1. The van der Waals surface area contributed by atoms with Crippen LogP contribution in [0.3, 0.4) is 0 Å². The predicted molar refractivity (Wildman–Crippen MR) is 102 cm³/mol. The zero-order chi connectivity index (χ0) is 18.8. The van der Waals surface area contributed by atoms with Crippen LogP contribution in [0.4, 0.5) is 0 Å². The number of carbonyl (C=O) groups excluding carboxylic acids is 1. The van der Waals surface area contributed by atoms with E-state index in [1.807, 2.05) is 37.1 Å². The molecule has 0 aliphatic carbocycles. The van der Waals surface area contributed by atoms with Crippen molar-refractivity contribution in [2.45, 2.75) is 38.0 Å². The fraction of sp³-hybridized carbons (Fsp3) is 0.368. The predicted octanol–water partition coefficient (Wildman–Crippen LogP) is 3.53. The van der Waals surface area contributed by atoms with Crippen LogP contribution in [0.5, 0.6) is 0 Å². The summed E-state index contributed by atoms with van der Waals surface area (Å²) in [5.41, 5.74) is 3.92. The van der Waals surface area contributed by atoms with Gasteiger partial charge in [0.05, 0.1) is 29.4 Å². The van der Waals surface area contributed by atoms with Gasteiger partial charge in [-0.1, -0.05) is 11.8 Å². The van der Waals surface area contributed by atoms with Gasteiger partial charge < -0.3 is 9.32 Å². The number of oxazole rings is 1. The zero-order valence-electron chi connectivity index (χ0n) is 15.3. The molecule has 4 rings (SSSR count). The Hall–Kier alpha value is -2.61. The van der Waals surface area contributed by atoms with E-state index >= 15 is 0 Å². The SMILES string of the molecule is Cc1nc(SCC(=O)N2CCCC2c2[nH]ncc2-c2ccncc2)oc1C.